The number of unbranched alkanes of at least 4 members (excludes halogenated alkanes) is 1. The van der Waals surface area contributed by atoms with E-state index in [1.807, 2.05) is 6.92 Å². The lowest BCUT2D eigenvalue weighted by Crippen LogP contribution is -2.58. The van der Waals surface area contributed by atoms with E-state index in [1.165, 1.54) is 28.4 Å². The fourth-order valence-corrected chi connectivity index (χ4v) is 3.12. The monoisotopic (exact) mass is 373 g/mol. The second-order valence-corrected chi connectivity index (χ2v) is 6.58. The van der Waals surface area contributed by atoms with Gasteiger partial charge in [0.25, 0.3) is 11.5 Å². The number of aromatic amines is 1. The van der Waals surface area contributed by atoms with Gasteiger partial charge in [0.1, 0.15) is 36.6 Å². The Labute approximate surface area is 156 Å². The molecule has 0 radical (unpaired) electrons. The van der Waals surface area contributed by atoms with Crippen molar-refractivity contribution in [1.29, 1.82) is 0 Å². The van der Waals surface area contributed by atoms with Crippen LogP contribution in [-0.4, -0.2) is 72.5 Å². The SMILES string of the molecule is CCCC[C@@H]1C(=O)N(C)CCN1C(=O)c1cnc(Cn2cncn2)[nH]c1=O. The summed E-state index contributed by atoms with van der Waals surface area (Å²) < 4.78 is 1.51. The summed E-state index contributed by atoms with van der Waals surface area (Å²) in [6.07, 6.45) is 6.51. The molecule has 1 fully saturated rings. The second-order valence-electron chi connectivity index (χ2n) is 6.58. The second kappa shape index (κ2) is 8.11. The van der Waals surface area contributed by atoms with Gasteiger partial charge in [-0.05, 0) is 6.42 Å². The molecule has 10 heteroatoms. The van der Waals surface area contributed by atoms with Gasteiger partial charge in [-0.3, -0.25) is 14.4 Å². The van der Waals surface area contributed by atoms with Crippen molar-refractivity contribution < 1.29 is 9.59 Å². The van der Waals surface area contributed by atoms with Crippen LogP contribution in [0.25, 0.3) is 0 Å². The Hall–Kier alpha value is -3.04. The maximum Gasteiger partial charge on any atom is 0.263 e. The van der Waals surface area contributed by atoms with E-state index < -0.39 is 17.5 Å². The van der Waals surface area contributed by atoms with Crippen molar-refractivity contribution in [3.05, 3.63) is 40.6 Å². The predicted molar refractivity (Wildman–Crippen MR) is 96.0 cm³/mol. The van der Waals surface area contributed by atoms with Crippen molar-refractivity contribution in [2.75, 3.05) is 20.1 Å². The largest absolute Gasteiger partial charge is 0.342 e. The van der Waals surface area contributed by atoms with Gasteiger partial charge in [0.2, 0.25) is 5.91 Å². The van der Waals surface area contributed by atoms with E-state index in [-0.39, 0.29) is 18.0 Å². The first-order chi connectivity index (χ1) is 13.0. The van der Waals surface area contributed by atoms with Gasteiger partial charge >= 0.3 is 0 Å². The minimum Gasteiger partial charge on any atom is -0.342 e. The number of amides is 2. The maximum atomic E-state index is 12.9. The Balaban J connectivity index is 1.81. The average molecular weight is 373 g/mol. The van der Waals surface area contributed by atoms with Crippen molar-refractivity contribution in [2.24, 2.45) is 0 Å². The smallest absolute Gasteiger partial charge is 0.263 e. The van der Waals surface area contributed by atoms with Crippen LogP contribution in [0, 0.1) is 0 Å². The number of aromatic nitrogens is 5. The summed E-state index contributed by atoms with van der Waals surface area (Å²) in [6, 6.07) is -0.537. The van der Waals surface area contributed by atoms with Crippen molar-refractivity contribution in [1.82, 2.24) is 34.5 Å². The zero-order valence-corrected chi connectivity index (χ0v) is 15.5. The highest BCUT2D eigenvalue weighted by Gasteiger charge is 2.36. The van der Waals surface area contributed by atoms with Gasteiger partial charge in [0.05, 0.1) is 0 Å². The lowest BCUT2D eigenvalue weighted by molar-refractivity contribution is -0.138. The van der Waals surface area contributed by atoms with E-state index in [4.69, 9.17) is 0 Å². The highest BCUT2D eigenvalue weighted by atomic mass is 16.2. The Kier molecular flexibility index (Phi) is 5.63. The van der Waals surface area contributed by atoms with Crippen LogP contribution in [0.2, 0.25) is 0 Å². The minimum atomic E-state index is -0.537. The number of hydrogen-bond acceptors (Lipinski definition) is 6. The van der Waals surface area contributed by atoms with E-state index in [2.05, 4.69) is 20.1 Å². The van der Waals surface area contributed by atoms with Gasteiger partial charge in [0, 0.05) is 26.3 Å². The molecular weight excluding hydrogens is 350 g/mol. The van der Waals surface area contributed by atoms with Crippen LogP contribution in [0.15, 0.2) is 23.6 Å². The highest BCUT2D eigenvalue weighted by Crippen LogP contribution is 2.18. The Morgan fingerprint density at radius 1 is 1.33 bits per heavy atom. The summed E-state index contributed by atoms with van der Waals surface area (Å²) in [5.74, 6) is -0.173. The highest BCUT2D eigenvalue weighted by molar-refractivity contribution is 5.97. The molecule has 0 aliphatic carbocycles. The van der Waals surface area contributed by atoms with Crippen molar-refractivity contribution in [3.63, 3.8) is 0 Å². The quantitative estimate of drug-likeness (QED) is 0.755. The Morgan fingerprint density at radius 2 is 2.15 bits per heavy atom. The normalized spacial score (nSPS) is 17.4. The molecule has 0 bridgehead atoms. The van der Waals surface area contributed by atoms with Gasteiger partial charge in [-0.15, -0.1) is 0 Å². The number of likely N-dealkylation sites (N-methyl/N-ethyl adjacent to an activating group) is 1. The third kappa shape index (κ3) is 4.04. The van der Waals surface area contributed by atoms with Gasteiger partial charge in [-0.1, -0.05) is 19.8 Å². The van der Waals surface area contributed by atoms with Crippen LogP contribution in [0.3, 0.4) is 0 Å². The van der Waals surface area contributed by atoms with Crippen molar-refractivity contribution >= 4 is 11.8 Å². The zero-order chi connectivity index (χ0) is 19.4. The summed E-state index contributed by atoms with van der Waals surface area (Å²) in [7, 11) is 1.73. The van der Waals surface area contributed by atoms with Crippen LogP contribution in [0.4, 0.5) is 0 Å². The molecule has 2 aromatic heterocycles. The molecule has 0 spiro atoms. The molecule has 1 saturated heterocycles. The molecule has 2 aromatic rings. The molecule has 27 heavy (non-hydrogen) atoms. The first-order valence-electron chi connectivity index (χ1n) is 8.97. The number of H-pyrrole nitrogens is 1. The molecule has 0 unspecified atom stereocenters. The van der Waals surface area contributed by atoms with Crippen molar-refractivity contribution in [2.45, 2.75) is 38.8 Å². The third-order valence-electron chi connectivity index (χ3n) is 4.67. The van der Waals surface area contributed by atoms with Gasteiger partial charge in [-0.2, -0.15) is 5.10 Å². The molecule has 3 rings (SSSR count). The van der Waals surface area contributed by atoms with Crippen LogP contribution < -0.4 is 5.56 Å². The van der Waals surface area contributed by atoms with Crippen LogP contribution in [0.1, 0.15) is 42.4 Å². The Morgan fingerprint density at radius 3 is 2.81 bits per heavy atom. The molecule has 1 atom stereocenters. The lowest BCUT2D eigenvalue weighted by atomic mass is 10.0. The van der Waals surface area contributed by atoms with Crippen LogP contribution in [-0.2, 0) is 11.3 Å². The molecule has 1 N–H and O–H groups in total. The van der Waals surface area contributed by atoms with Gasteiger partial charge in [-0.25, -0.2) is 14.6 Å². The number of piperazine rings is 1. The predicted octanol–water partition coefficient (Wildman–Crippen LogP) is -0.117. The average Bonchev–Trinajstić information content (AvgIpc) is 3.15. The minimum absolute atomic E-state index is 0.0591. The molecule has 1 aliphatic rings. The number of nitrogens with zero attached hydrogens (tertiary/aromatic N) is 6. The van der Waals surface area contributed by atoms with E-state index >= 15 is 0 Å². The summed E-state index contributed by atoms with van der Waals surface area (Å²) in [5, 5.41) is 3.95. The van der Waals surface area contributed by atoms with Gasteiger partial charge in [0.15, 0.2) is 0 Å². The molecular formula is C17H23N7O3. The zero-order valence-electron chi connectivity index (χ0n) is 15.5. The first kappa shape index (κ1) is 18.7. The number of carbonyl (C=O) groups is 2. The lowest BCUT2D eigenvalue weighted by Gasteiger charge is -2.39. The molecule has 10 nitrogen and oxygen atoms in total. The summed E-state index contributed by atoms with van der Waals surface area (Å²) >= 11 is 0. The summed E-state index contributed by atoms with van der Waals surface area (Å²) in [5.41, 5.74) is -0.582. The summed E-state index contributed by atoms with van der Waals surface area (Å²) in [4.78, 5) is 51.6. The number of nitrogens with one attached hydrogen (secondary N) is 1. The molecule has 0 aromatic carbocycles. The number of hydrogen-bond donors (Lipinski definition) is 1. The molecule has 2 amide bonds. The Bertz CT molecular complexity index is 862. The van der Waals surface area contributed by atoms with Gasteiger partial charge < -0.3 is 14.8 Å². The van der Waals surface area contributed by atoms with E-state index in [0.29, 0.717) is 25.3 Å². The molecule has 1 aliphatic heterocycles. The first-order valence-corrected chi connectivity index (χ1v) is 8.97. The fourth-order valence-electron chi connectivity index (χ4n) is 3.12. The maximum absolute atomic E-state index is 12.9. The van der Waals surface area contributed by atoms with Crippen molar-refractivity contribution in [3.8, 4) is 0 Å². The third-order valence-corrected chi connectivity index (χ3v) is 4.67. The number of carbonyl (C=O) groups excluding carboxylic acids is 2. The van der Waals surface area contributed by atoms with Crippen LogP contribution in [0.5, 0.6) is 0 Å². The molecule has 3 heterocycles. The molecule has 0 saturated carbocycles. The van der Waals surface area contributed by atoms with Crippen LogP contribution >= 0.6 is 0 Å². The fraction of sp³-hybridized carbons (Fsp3) is 0.529. The molecule has 144 valence electrons. The summed E-state index contributed by atoms with van der Waals surface area (Å²) in [6.45, 7) is 3.13. The topological polar surface area (TPSA) is 117 Å². The standard InChI is InChI=1S/C17H23N7O3/c1-3-4-5-13-17(27)22(2)6-7-24(13)16(26)12-8-19-14(21-15(12)25)9-23-11-18-10-20-23/h8,10-11,13H,3-7,9H2,1-2H3,(H,19,21,25)/t13-/m1/s1. The van der Waals surface area contributed by atoms with E-state index in [9.17, 15) is 14.4 Å². The van der Waals surface area contributed by atoms with E-state index in [0.717, 1.165) is 12.8 Å². The van der Waals surface area contributed by atoms with E-state index in [1.54, 1.807) is 11.9 Å². The number of rotatable bonds is 6.